The minimum atomic E-state index is -0.449. The van der Waals surface area contributed by atoms with E-state index in [9.17, 15) is 14.4 Å². The average Bonchev–Trinajstić information content (AvgIpc) is 2.88. The molecule has 0 radical (unpaired) electrons. The summed E-state index contributed by atoms with van der Waals surface area (Å²) >= 11 is 0. The molecule has 0 aromatic heterocycles. The molecule has 0 aliphatic carbocycles. The number of rotatable bonds is 2. The summed E-state index contributed by atoms with van der Waals surface area (Å²) in [6.07, 6.45) is 2.46. The minimum absolute atomic E-state index is 0.0598. The number of carbonyl (C=O) groups is 3. The van der Waals surface area contributed by atoms with Crippen molar-refractivity contribution in [1.82, 2.24) is 20.5 Å². The van der Waals surface area contributed by atoms with Gasteiger partial charge in [0, 0.05) is 33.0 Å². The number of hydrogen-bond donors (Lipinski definition) is 1. The van der Waals surface area contributed by atoms with Crippen LogP contribution in [0.2, 0.25) is 0 Å². The number of nitrogens with zero attached hydrogens (tertiary/aromatic N) is 3. The van der Waals surface area contributed by atoms with Gasteiger partial charge in [0.05, 0.1) is 0 Å². The predicted molar refractivity (Wildman–Crippen MR) is 58.2 cm³/mol. The number of urea groups is 1. The topological polar surface area (TPSA) is 73.0 Å². The number of carbonyl (C=O) groups excluding carboxylic acids is 3. The van der Waals surface area contributed by atoms with Gasteiger partial charge in [-0.2, -0.15) is 0 Å². The van der Waals surface area contributed by atoms with Crippen LogP contribution in [0, 0.1) is 0 Å². The fourth-order valence-electron chi connectivity index (χ4n) is 2.01. The Morgan fingerprint density at radius 2 is 1.82 bits per heavy atom. The molecule has 0 spiro atoms. The third-order valence-corrected chi connectivity index (χ3v) is 3.01. The minimum Gasteiger partial charge on any atom is -0.273 e. The predicted octanol–water partition coefficient (Wildman–Crippen LogP) is -0.297. The van der Waals surface area contributed by atoms with E-state index in [4.69, 9.17) is 0 Å². The lowest BCUT2D eigenvalue weighted by Crippen LogP contribution is -2.54. The van der Waals surface area contributed by atoms with Crippen LogP contribution in [0.4, 0.5) is 4.79 Å². The maximum Gasteiger partial charge on any atom is 0.354 e. The third-order valence-electron chi connectivity index (χ3n) is 3.01. The molecule has 2 aliphatic rings. The van der Waals surface area contributed by atoms with Crippen LogP contribution in [0.3, 0.4) is 0 Å². The zero-order chi connectivity index (χ0) is 12.4. The monoisotopic (exact) mass is 240 g/mol. The molecule has 0 saturated carbocycles. The molecule has 2 aliphatic heterocycles. The Hall–Kier alpha value is -1.79. The summed E-state index contributed by atoms with van der Waals surface area (Å²) in [4.78, 5) is 34.6. The van der Waals surface area contributed by atoms with E-state index in [0.717, 1.165) is 12.8 Å². The fourth-order valence-corrected chi connectivity index (χ4v) is 2.01. The zero-order valence-electron chi connectivity index (χ0n) is 9.81. The van der Waals surface area contributed by atoms with Crippen molar-refractivity contribution < 1.29 is 14.4 Å². The second-order valence-corrected chi connectivity index (χ2v) is 4.21. The highest BCUT2D eigenvalue weighted by atomic mass is 16.2. The van der Waals surface area contributed by atoms with E-state index in [-0.39, 0.29) is 11.8 Å². The van der Waals surface area contributed by atoms with Gasteiger partial charge in [-0.15, -0.1) is 0 Å². The largest absolute Gasteiger partial charge is 0.354 e. The van der Waals surface area contributed by atoms with E-state index in [1.54, 1.807) is 0 Å². The Kier molecular flexibility index (Phi) is 3.16. The van der Waals surface area contributed by atoms with Crippen LogP contribution in [-0.2, 0) is 9.59 Å². The van der Waals surface area contributed by atoms with E-state index in [0.29, 0.717) is 25.9 Å². The van der Waals surface area contributed by atoms with Crippen molar-refractivity contribution in [2.45, 2.75) is 25.7 Å². The molecule has 4 amide bonds. The first-order valence-electron chi connectivity index (χ1n) is 5.74. The molecule has 0 aromatic rings. The van der Waals surface area contributed by atoms with E-state index >= 15 is 0 Å². The highest BCUT2D eigenvalue weighted by molar-refractivity contribution is 5.85. The highest BCUT2D eigenvalue weighted by Crippen LogP contribution is 2.12. The Bertz CT molecular complexity index is 357. The van der Waals surface area contributed by atoms with Crippen LogP contribution < -0.4 is 5.43 Å². The molecule has 2 heterocycles. The second kappa shape index (κ2) is 4.60. The van der Waals surface area contributed by atoms with Crippen LogP contribution in [0.25, 0.3) is 0 Å². The van der Waals surface area contributed by atoms with Crippen LogP contribution in [0.1, 0.15) is 25.7 Å². The lowest BCUT2D eigenvalue weighted by atomic mass is 10.4. The van der Waals surface area contributed by atoms with Gasteiger partial charge in [0.1, 0.15) is 0 Å². The highest BCUT2D eigenvalue weighted by Gasteiger charge is 2.29. The molecule has 17 heavy (non-hydrogen) atoms. The quantitative estimate of drug-likeness (QED) is 0.720. The molecule has 2 fully saturated rings. The molecule has 2 saturated heterocycles. The summed E-state index contributed by atoms with van der Waals surface area (Å²) in [6, 6.07) is -0.449. The Morgan fingerprint density at radius 1 is 1.18 bits per heavy atom. The van der Waals surface area contributed by atoms with E-state index < -0.39 is 6.03 Å². The summed E-state index contributed by atoms with van der Waals surface area (Å²) in [6.45, 7) is 1.09. The number of nitrogens with one attached hydrogen (secondary N) is 1. The number of hydrogen-bond acceptors (Lipinski definition) is 3. The smallest absolute Gasteiger partial charge is 0.273 e. The van der Waals surface area contributed by atoms with E-state index in [1.165, 1.54) is 22.1 Å². The molecule has 2 rings (SSSR count). The number of amides is 4. The molecule has 0 atom stereocenters. The van der Waals surface area contributed by atoms with Crippen molar-refractivity contribution in [3.63, 3.8) is 0 Å². The standard InChI is InChI=1S/C10H16N4O3/c1-12(14-7-3-5-9(14)16)10(17)11-13-6-2-4-8(13)15/h2-7H2,1H3,(H,11,17). The summed E-state index contributed by atoms with van der Waals surface area (Å²) < 4.78 is 0. The fraction of sp³-hybridized carbons (Fsp3) is 0.700. The van der Waals surface area contributed by atoms with Crippen molar-refractivity contribution in [2.75, 3.05) is 20.1 Å². The van der Waals surface area contributed by atoms with Gasteiger partial charge in [-0.3, -0.25) is 19.6 Å². The molecule has 94 valence electrons. The zero-order valence-corrected chi connectivity index (χ0v) is 9.81. The van der Waals surface area contributed by atoms with E-state index in [1.807, 2.05) is 0 Å². The normalized spacial score (nSPS) is 20.1. The van der Waals surface area contributed by atoms with Crippen LogP contribution in [-0.4, -0.2) is 53.0 Å². The van der Waals surface area contributed by atoms with Crippen molar-refractivity contribution in [2.24, 2.45) is 0 Å². The Labute approximate surface area is 99.3 Å². The Balaban J connectivity index is 1.90. The van der Waals surface area contributed by atoms with Crippen molar-refractivity contribution in [3.05, 3.63) is 0 Å². The molecule has 0 aromatic carbocycles. The summed E-state index contributed by atoms with van der Waals surface area (Å²) in [7, 11) is 1.53. The maximum atomic E-state index is 11.8. The van der Waals surface area contributed by atoms with Crippen LogP contribution in [0.5, 0.6) is 0 Å². The van der Waals surface area contributed by atoms with Gasteiger partial charge < -0.3 is 0 Å². The lowest BCUT2D eigenvalue weighted by Gasteiger charge is -2.29. The maximum absolute atomic E-state index is 11.8. The lowest BCUT2D eigenvalue weighted by molar-refractivity contribution is -0.137. The van der Waals surface area contributed by atoms with Gasteiger partial charge in [0.25, 0.3) is 0 Å². The van der Waals surface area contributed by atoms with Crippen LogP contribution in [0.15, 0.2) is 0 Å². The van der Waals surface area contributed by atoms with Crippen molar-refractivity contribution in [1.29, 1.82) is 0 Å². The van der Waals surface area contributed by atoms with Gasteiger partial charge in [-0.05, 0) is 12.8 Å². The van der Waals surface area contributed by atoms with Gasteiger partial charge in [0.2, 0.25) is 11.8 Å². The van der Waals surface area contributed by atoms with Gasteiger partial charge in [0.15, 0.2) is 0 Å². The van der Waals surface area contributed by atoms with Crippen molar-refractivity contribution in [3.8, 4) is 0 Å². The van der Waals surface area contributed by atoms with Gasteiger partial charge in [-0.25, -0.2) is 15.2 Å². The molecule has 0 bridgehead atoms. The summed E-state index contributed by atoms with van der Waals surface area (Å²) in [5.74, 6) is -0.144. The number of hydrazine groups is 2. The van der Waals surface area contributed by atoms with Crippen LogP contribution >= 0.6 is 0 Å². The van der Waals surface area contributed by atoms with Crippen molar-refractivity contribution >= 4 is 17.8 Å². The molecule has 7 nitrogen and oxygen atoms in total. The Morgan fingerprint density at radius 3 is 2.35 bits per heavy atom. The summed E-state index contributed by atoms with van der Waals surface area (Å²) in [5.41, 5.74) is 2.50. The molecule has 7 heteroatoms. The van der Waals surface area contributed by atoms with E-state index in [2.05, 4.69) is 5.43 Å². The SMILES string of the molecule is CN(C(=O)NN1CCCC1=O)N1CCCC1=O. The van der Waals surface area contributed by atoms with Gasteiger partial charge in [-0.1, -0.05) is 0 Å². The molecule has 0 unspecified atom stereocenters. The third kappa shape index (κ3) is 2.32. The molecular weight excluding hydrogens is 224 g/mol. The first-order valence-corrected chi connectivity index (χ1v) is 5.74. The molecule has 1 N–H and O–H groups in total. The summed E-state index contributed by atoms with van der Waals surface area (Å²) in [5, 5.41) is 3.94. The average molecular weight is 240 g/mol. The first kappa shape index (κ1) is 11.7. The molecular formula is C10H16N4O3. The van der Waals surface area contributed by atoms with Gasteiger partial charge >= 0.3 is 6.03 Å². The first-order chi connectivity index (χ1) is 8.09. The second-order valence-electron chi connectivity index (χ2n) is 4.21.